The first-order valence-electron chi connectivity index (χ1n) is 8.09. The lowest BCUT2D eigenvalue weighted by Crippen LogP contribution is -2.19. The van der Waals surface area contributed by atoms with Crippen LogP contribution in [0.25, 0.3) is 10.1 Å². The molecule has 1 atom stereocenters. The number of carbonyl (C=O) groups excluding carboxylic acids is 1. The number of anilines is 1. The lowest BCUT2D eigenvalue weighted by Gasteiger charge is -2.13. The molecule has 26 heavy (non-hydrogen) atoms. The van der Waals surface area contributed by atoms with Gasteiger partial charge in [0.05, 0.1) is 28.3 Å². The molecule has 3 aromatic rings. The highest BCUT2D eigenvalue weighted by Crippen LogP contribution is 2.36. The third-order valence-corrected chi connectivity index (χ3v) is 7.82. The van der Waals surface area contributed by atoms with Crippen molar-refractivity contribution < 1.29 is 13.2 Å². The first-order chi connectivity index (χ1) is 12.3. The SMILES string of the molecule is Cc1cc(NC(=O)c2sc3ccccc3c2Cl)n([C@@H]2CCS(=O)(=O)C2)n1. The van der Waals surface area contributed by atoms with Gasteiger partial charge in [0.25, 0.3) is 5.91 Å². The van der Waals surface area contributed by atoms with Gasteiger partial charge in [0, 0.05) is 16.2 Å². The molecule has 1 N–H and O–H groups in total. The number of amides is 1. The Morgan fingerprint density at radius 1 is 1.38 bits per heavy atom. The van der Waals surface area contributed by atoms with E-state index in [9.17, 15) is 13.2 Å². The highest BCUT2D eigenvalue weighted by atomic mass is 35.5. The Morgan fingerprint density at radius 2 is 2.15 bits per heavy atom. The standard InChI is InChI=1S/C17H16ClN3O3S2/c1-10-8-14(21(20-10)11-6-7-26(23,24)9-11)19-17(22)16-15(18)12-4-2-3-5-13(12)25-16/h2-5,8,11H,6-7,9H2,1H3,(H,19,22)/t11-/m1/s1. The van der Waals surface area contributed by atoms with Gasteiger partial charge in [-0.3, -0.25) is 4.79 Å². The van der Waals surface area contributed by atoms with Crippen LogP contribution in [0.5, 0.6) is 0 Å². The number of hydrogen-bond donors (Lipinski definition) is 1. The second-order valence-electron chi connectivity index (χ2n) is 6.37. The quantitative estimate of drug-likeness (QED) is 0.715. The minimum Gasteiger partial charge on any atom is -0.306 e. The predicted molar refractivity (Wildman–Crippen MR) is 104 cm³/mol. The van der Waals surface area contributed by atoms with Crippen LogP contribution in [-0.4, -0.2) is 35.6 Å². The number of thiophene rings is 1. The second kappa shape index (κ2) is 6.37. The van der Waals surface area contributed by atoms with Crippen molar-refractivity contribution in [3.05, 3.63) is 45.9 Å². The molecule has 0 saturated carbocycles. The summed E-state index contributed by atoms with van der Waals surface area (Å²) in [4.78, 5) is 13.2. The number of aryl methyl sites for hydroxylation is 1. The van der Waals surface area contributed by atoms with Crippen LogP contribution in [0, 0.1) is 6.92 Å². The van der Waals surface area contributed by atoms with Gasteiger partial charge in [0.15, 0.2) is 9.84 Å². The first-order valence-corrected chi connectivity index (χ1v) is 11.1. The maximum Gasteiger partial charge on any atom is 0.268 e. The predicted octanol–water partition coefficient (Wildman–Crippen LogP) is 3.67. The summed E-state index contributed by atoms with van der Waals surface area (Å²) in [5.41, 5.74) is 0.715. The van der Waals surface area contributed by atoms with Crippen molar-refractivity contribution in [1.82, 2.24) is 9.78 Å². The molecule has 1 saturated heterocycles. The van der Waals surface area contributed by atoms with Crippen LogP contribution in [0.15, 0.2) is 30.3 Å². The van der Waals surface area contributed by atoms with E-state index in [0.29, 0.717) is 27.8 Å². The maximum atomic E-state index is 12.8. The number of sulfone groups is 1. The third kappa shape index (κ3) is 3.13. The highest BCUT2D eigenvalue weighted by Gasteiger charge is 2.31. The number of rotatable bonds is 3. The van der Waals surface area contributed by atoms with Gasteiger partial charge in [-0.25, -0.2) is 13.1 Å². The molecule has 1 fully saturated rings. The number of nitrogens with zero attached hydrogens (tertiary/aromatic N) is 2. The molecule has 4 rings (SSSR count). The lowest BCUT2D eigenvalue weighted by atomic mass is 10.2. The Bertz CT molecular complexity index is 1120. The second-order valence-corrected chi connectivity index (χ2v) is 10.0. The molecule has 1 aliphatic rings. The Hall–Kier alpha value is -1.90. The van der Waals surface area contributed by atoms with Crippen LogP contribution in [0.2, 0.25) is 5.02 Å². The fraction of sp³-hybridized carbons (Fsp3) is 0.294. The van der Waals surface area contributed by atoms with E-state index >= 15 is 0 Å². The van der Waals surface area contributed by atoms with Crippen molar-refractivity contribution in [2.24, 2.45) is 0 Å². The zero-order valence-electron chi connectivity index (χ0n) is 13.9. The number of nitrogens with one attached hydrogen (secondary N) is 1. The van der Waals surface area contributed by atoms with E-state index in [1.54, 1.807) is 10.7 Å². The van der Waals surface area contributed by atoms with Crippen molar-refractivity contribution in [1.29, 1.82) is 0 Å². The fourth-order valence-corrected chi connectivity index (χ4v) is 6.29. The lowest BCUT2D eigenvalue weighted by molar-refractivity contribution is 0.102. The van der Waals surface area contributed by atoms with Crippen molar-refractivity contribution in [2.45, 2.75) is 19.4 Å². The number of hydrogen-bond acceptors (Lipinski definition) is 5. The molecule has 3 heterocycles. The number of carbonyl (C=O) groups is 1. The molecule has 1 aromatic carbocycles. The molecule has 9 heteroatoms. The van der Waals surface area contributed by atoms with Gasteiger partial charge in [-0.15, -0.1) is 11.3 Å². The van der Waals surface area contributed by atoms with E-state index in [-0.39, 0.29) is 23.5 Å². The largest absolute Gasteiger partial charge is 0.306 e. The molecule has 136 valence electrons. The molecule has 0 radical (unpaired) electrons. The Balaban J connectivity index is 1.65. The van der Waals surface area contributed by atoms with Gasteiger partial charge in [-0.2, -0.15) is 5.10 Å². The summed E-state index contributed by atoms with van der Waals surface area (Å²) in [6.07, 6.45) is 0.496. The molecule has 0 bridgehead atoms. The average molecular weight is 410 g/mol. The van der Waals surface area contributed by atoms with E-state index in [1.807, 2.05) is 31.2 Å². The van der Waals surface area contributed by atoms with E-state index in [0.717, 1.165) is 10.1 Å². The summed E-state index contributed by atoms with van der Waals surface area (Å²) < 4.78 is 26.1. The number of benzene rings is 1. The van der Waals surface area contributed by atoms with Crippen LogP contribution in [0.1, 0.15) is 27.8 Å². The van der Waals surface area contributed by atoms with Gasteiger partial charge in [0.2, 0.25) is 0 Å². The first kappa shape index (κ1) is 17.5. The van der Waals surface area contributed by atoms with Gasteiger partial charge < -0.3 is 5.32 Å². The van der Waals surface area contributed by atoms with E-state index < -0.39 is 9.84 Å². The van der Waals surface area contributed by atoms with Crippen LogP contribution in [0.4, 0.5) is 5.82 Å². The molecular weight excluding hydrogens is 394 g/mol. The van der Waals surface area contributed by atoms with Crippen LogP contribution < -0.4 is 5.32 Å². The van der Waals surface area contributed by atoms with Crippen molar-refractivity contribution in [3.8, 4) is 0 Å². The highest BCUT2D eigenvalue weighted by molar-refractivity contribution is 7.91. The fourth-order valence-electron chi connectivity index (χ4n) is 3.19. The maximum absolute atomic E-state index is 12.8. The molecular formula is C17H16ClN3O3S2. The summed E-state index contributed by atoms with van der Waals surface area (Å²) in [5.74, 6) is 0.355. The number of halogens is 1. The molecule has 0 spiro atoms. The number of aromatic nitrogens is 2. The minimum absolute atomic E-state index is 0.0423. The summed E-state index contributed by atoms with van der Waals surface area (Å²) in [7, 11) is -3.05. The Kier molecular flexibility index (Phi) is 4.29. The van der Waals surface area contributed by atoms with Crippen LogP contribution in [0.3, 0.4) is 0 Å². The Labute approximate surface area is 159 Å². The normalized spacial score (nSPS) is 19.1. The molecule has 2 aromatic heterocycles. The summed E-state index contributed by atoms with van der Waals surface area (Å²) in [6, 6.07) is 9.05. The van der Waals surface area contributed by atoms with Gasteiger partial charge >= 0.3 is 0 Å². The third-order valence-electron chi connectivity index (χ3n) is 4.39. The zero-order valence-corrected chi connectivity index (χ0v) is 16.3. The van der Waals surface area contributed by atoms with Crippen molar-refractivity contribution >= 4 is 54.6 Å². The van der Waals surface area contributed by atoms with Gasteiger partial charge in [-0.05, 0) is 19.4 Å². The number of fused-ring (bicyclic) bond motifs is 1. The topological polar surface area (TPSA) is 81.1 Å². The van der Waals surface area contributed by atoms with E-state index in [4.69, 9.17) is 11.6 Å². The molecule has 0 aliphatic carbocycles. The summed E-state index contributed by atoms with van der Waals surface area (Å²) in [5, 5.41) is 8.49. The summed E-state index contributed by atoms with van der Waals surface area (Å²) >= 11 is 7.70. The van der Waals surface area contributed by atoms with Gasteiger partial charge in [-0.1, -0.05) is 29.8 Å². The monoisotopic (exact) mass is 409 g/mol. The average Bonchev–Trinajstić information content (AvgIpc) is 3.23. The minimum atomic E-state index is -3.05. The summed E-state index contributed by atoms with van der Waals surface area (Å²) in [6.45, 7) is 1.81. The molecule has 1 amide bonds. The molecule has 1 aliphatic heterocycles. The Morgan fingerprint density at radius 3 is 2.85 bits per heavy atom. The zero-order chi connectivity index (χ0) is 18.5. The van der Waals surface area contributed by atoms with Gasteiger partial charge in [0.1, 0.15) is 10.7 Å². The van der Waals surface area contributed by atoms with Crippen LogP contribution in [-0.2, 0) is 9.84 Å². The van der Waals surface area contributed by atoms with Crippen molar-refractivity contribution in [2.75, 3.05) is 16.8 Å². The molecule has 6 nitrogen and oxygen atoms in total. The van der Waals surface area contributed by atoms with Crippen molar-refractivity contribution in [3.63, 3.8) is 0 Å². The van der Waals surface area contributed by atoms with E-state index in [1.165, 1.54) is 11.3 Å². The van der Waals surface area contributed by atoms with Crippen LogP contribution >= 0.6 is 22.9 Å². The smallest absolute Gasteiger partial charge is 0.268 e. The van der Waals surface area contributed by atoms with E-state index in [2.05, 4.69) is 10.4 Å². The molecule has 0 unspecified atom stereocenters.